The minimum absolute atomic E-state index is 0.0322. The van der Waals surface area contributed by atoms with Crippen molar-refractivity contribution in [3.63, 3.8) is 0 Å². The van der Waals surface area contributed by atoms with Crippen molar-refractivity contribution in [2.75, 3.05) is 31.5 Å². The summed E-state index contributed by atoms with van der Waals surface area (Å²) in [6, 6.07) is 12.4. The molecule has 0 radical (unpaired) electrons. The quantitative estimate of drug-likeness (QED) is 0.314. The van der Waals surface area contributed by atoms with E-state index < -0.39 is 23.6 Å². The van der Waals surface area contributed by atoms with Crippen molar-refractivity contribution in [1.82, 2.24) is 19.9 Å². The highest BCUT2D eigenvalue weighted by atomic mass is 19.1. The van der Waals surface area contributed by atoms with Crippen molar-refractivity contribution in [1.29, 1.82) is 0 Å². The van der Waals surface area contributed by atoms with Crippen molar-refractivity contribution in [2.24, 2.45) is 0 Å². The molecule has 4 aromatic rings. The number of rotatable bonds is 5. The minimum Gasteiger partial charge on any atom is -0.408 e. The zero-order valence-corrected chi connectivity index (χ0v) is 19.3. The summed E-state index contributed by atoms with van der Waals surface area (Å²) >= 11 is 0. The number of ketones is 1. The average molecular weight is 505 g/mol. The number of halogens is 1. The lowest BCUT2D eigenvalue weighted by Gasteiger charge is -2.34. The van der Waals surface area contributed by atoms with Crippen LogP contribution in [0.25, 0.3) is 10.9 Å². The second-order valence-corrected chi connectivity index (χ2v) is 8.18. The summed E-state index contributed by atoms with van der Waals surface area (Å²) in [5, 5.41) is 5.69. The molecular weight excluding hydrogens is 485 g/mol. The summed E-state index contributed by atoms with van der Waals surface area (Å²) in [5.41, 5.74) is 0.382. The molecule has 1 saturated heterocycles. The van der Waals surface area contributed by atoms with Gasteiger partial charge in [-0.15, -0.1) is 0 Å². The Labute approximate surface area is 208 Å². The molecule has 2 N–H and O–H groups in total. The van der Waals surface area contributed by atoms with E-state index in [1.807, 2.05) is 6.07 Å². The molecule has 0 atom stereocenters. The highest BCUT2D eigenvalue weighted by molar-refractivity contribution is 6.45. The fourth-order valence-corrected chi connectivity index (χ4v) is 4.09. The number of ether oxygens (including phenoxy) is 1. The SMILES string of the molecule is O=C(Nc1ccon1)Oc1ccc(F)c2c(C(=O)C(=O)N3CCN(C(=O)c4ccccc4)CC3)c[nH]c12. The Balaban J connectivity index is 1.28. The molecule has 188 valence electrons. The number of hydrogen-bond acceptors (Lipinski definition) is 7. The Kier molecular flexibility index (Phi) is 6.37. The number of amides is 3. The largest absolute Gasteiger partial charge is 0.418 e. The number of anilines is 1. The van der Waals surface area contributed by atoms with Crippen LogP contribution in [0.4, 0.5) is 15.0 Å². The van der Waals surface area contributed by atoms with Gasteiger partial charge in [-0.3, -0.25) is 19.7 Å². The Bertz CT molecular complexity index is 1480. The van der Waals surface area contributed by atoms with E-state index in [-0.39, 0.29) is 60.1 Å². The maximum atomic E-state index is 14.8. The number of fused-ring (bicyclic) bond motifs is 1. The van der Waals surface area contributed by atoms with Gasteiger partial charge < -0.3 is 24.0 Å². The first kappa shape index (κ1) is 23.7. The van der Waals surface area contributed by atoms with Gasteiger partial charge in [-0.1, -0.05) is 23.4 Å². The monoisotopic (exact) mass is 505 g/mol. The van der Waals surface area contributed by atoms with E-state index in [4.69, 9.17) is 4.74 Å². The van der Waals surface area contributed by atoms with Gasteiger partial charge in [0.05, 0.1) is 16.5 Å². The van der Waals surface area contributed by atoms with Crippen molar-refractivity contribution in [3.8, 4) is 5.75 Å². The van der Waals surface area contributed by atoms with E-state index in [1.54, 1.807) is 29.2 Å². The number of nitrogens with zero attached hydrogens (tertiary/aromatic N) is 3. The third kappa shape index (κ3) is 4.76. The minimum atomic E-state index is -0.919. The molecule has 2 aromatic carbocycles. The van der Waals surface area contributed by atoms with Gasteiger partial charge in [0, 0.05) is 44.0 Å². The summed E-state index contributed by atoms with van der Waals surface area (Å²) in [4.78, 5) is 56.5. The first-order chi connectivity index (χ1) is 17.9. The van der Waals surface area contributed by atoms with E-state index in [9.17, 15) is 23.6 Å². The number of carbonyl (C=O) groups is 4. The van der Waals surface area contributed by atoms with Crippen LogP contribution in [0.15, 0.2) is 65.5 Å². The van der Waals surface area contributed by atoms with Gasteiger partial charge >= 0.3 is 6.09 Å². The Morgan fingerprint density at radius 3 is 2.41 bits per heavy atom. The topological polar surface area (TPSA) is 138 Å². The van der Waals surface area contributed by atoms with Crippen LogP contribution in [-0.2, 0) is 4.79 Å². The number of nitrogens with one attached hydrogen (secondary N) is 2. The zero-order chi connectivity index (χ0) is 25.9. The lowest BCUT2D eigenvalue weighted by molar-refractivity contribution is -0.127. The third-order valence-electron chi connectivity index (χ3n) is 5.93. The maximum absolute atomic E-state index is 14.8. The van der Waals surface area contributed by atoms with E-state index in [2.05, 4.69) is 20.0 Å². The molecule has 1 aliphatic heterocycles. The van der Waals surface area contributed by atoms with Gasteiger partial charge in [0.15, 0.2) is 11.6 Å². The smallest absolute Gasteiger partial charge is 0.408 e. The fourth-order valence-electron chi connectivity index (χ4n) is 4.09. The highest BCUT2D eigenvalue weighted by Crippen LogP contribution is 2.31. The second-order valence-electron chi connectivity index (χ2n) is 8.18. The molecule has 2 aromatic heterocycles. The molecule has 0 unspecified atom stereocenters. The van der Waals surface area contributed by atoms with Crippen molar-refractivity contribution in [2.45, 2.75) is 0 Å². The predicted molar refractivity (Wildman–Crippen MR) is 128 cm³/mol. The maximum Gasteiger partial charge on any atom is 0.418 e. The molecule has 3 amide bonds. The lowest BCUT2D eigenvalue weighted by Crippen LogP contribution is -2.52. The van der Waals surface area contributed by atoms with Crippen molar-refractivity contribution in [3.05, 3.63) is 77.9 Å². The van der Waals surface area contributed by atoms with Crippen LogP contribution in [0.1, 0.15) is 20.7 Å². The van der Waals surface area contributed by atoms with E-state index >= 15 is 0 Å². The average Bonchev–Trinajstić information content (AvgIpc) is 3.60. The molecule has 0 spiro atoms. The predicted octanol–water partition coefficient (Wildman–Crippen LogP) is 3.07. The summed E-state index contributed by atoms with van der Waals surface area (Å²) in [6.07, 6.45) is 1.54. The van der Waals surface area contributed by atoms with Gasteiger partial charge in [0.1, 0.15) is 12.1 Å². The number of H-pyrrole nitrogens is 1. The molecule has 12 heteroatoms. The molecule has 0 aliphatic carbocycles. The normalized spacial score (nSPS) is 13.4. The van der Waals surface area contributed by atoms with E-state index in [1.165, 1.54) is 29.5 Å². The van der Waals surface area contributed by atoms with Crippen LogP contribution in [-0.4, -0.2) is 69.8 Å². The number of benzene rings is 2. The standard InChI is InChI=1S/C25H20FN5O6/c26-17-6-7-18(37-25(35)28-19-8-13-36-29-19)21-20(17)16(14-27-21)22(32)24(34)31-11-9-30(10-12-31)23(33)15-4-2-1-3-5-15/h1-8,13-14,27H,9-12H2,(H,28,29,35). The van der Waals surface area contributed by atoms with Gasteiger partial charge in [-0.2, -0.15) is 0 Å². The molecule has 1 aliphatic rings. The molecule has 11 nitrogen and oxygen atoms in total. The number of aromatic amines is 1. The Morgan fingerprint density at radius 2 is 1.70 bits per heavy atom. The summed E-state index contributed by atoms with van der Waals surface area (Å²) < 4.78 is 24.6. The molecule has 5 rings (SSSR count). The van der Waals surface area contributed by atoms with E-state index in [0.717, 1.165) is 6.07 Å². The van der Waals surface area contributed by atoms with Crippen LogP contribution in [0.2, 0.25) is 0 Å². The highest BCUT2D eigenvalue weighted by Gasteiger charge is 2.31. The van der Waals surface area contributed by atoms with Gasteiger partial charge in [-0.25, -0.2) is 9.18 Å². The molecule has 3 heterocycles. The van der Waals surface area contributed by atoms with E-state index in [0.29, 0.717) is 5.56 Å². The van der Waals surface area contributed by atoms with Crippen molar-refractivity contribution >= 4 is 40.4 Å². The van der Waals surface area contributed by atoms with Crippen LogP contribution in [0.3, 0.4) is 0 Å². The van der Waals surface area contributed by atoms with Crippen LogP contribution < -0.4 is 10.1 Å². The Hall–Kier alpha value is -5.00. The number of Topliss-reactive ketones (excluding diaryl/α,β-unsaturated/α-hetero) is 1. The van der Waals surface area contributed by atoms with Gasteiger partial charge in [-0.05, 0) is 24.3 Å². The second kappa shape index (κ2) is 9.93. The number of hydrogen-bond donors (Lipinski definition) is 2. The molecule has 0 bridgehead atoms. The van der Waals surface area contributed by atoms with Gasteiger partial charge in [0.2, 0.25) is 0 Å². The van der Waals surface area contributed by atoms with Crippen molar-refractivity contribution < 1.29 is 32.8 Å². The van der Waals surface area contributed by atoms with Crippen LogP contribution >= 0.6 is 0 Å². The molecular formula is C25H20FN5O6. The first-order valence-electron chi connectivity index (χ1n) is 11.3. The summed E-state index contributed by atoms with van der Waals surface area (Å²) in [7, 11) is 0. The van der Waals surface area contributed by atoms with Crippen LogP contribution in [0, 0.1) is 5.82 Å². The summed E-state index contributed by atoms with van der Waals surface area (Å²) in [5.74, 6) is -2.61. The zero-order valence-electron chi connectivity index (χ0n) is 19.3. The number of aromatic nitrogens is 2. The lowest BCUT2D eigenvalue weighted by atomic mass is 10.1. The first-order valence-corrected chi connectivity index (χ1v) is 11.3. The van der Waals surface area contributed by atoms with Gasteiger partial charge in [0.25, 0.3) is 17.6 Å². The third-order valence-corrected chi connectivity index (χ3v) is 5.93. The molecule has 0 saturated carbocycles. The molecule has 37 heavy (non-hydrogen) atoms. The number of piperazine rings is 1. The number of carbonyl (C=O) groups excluding carboxylic acids is 4. The summed E-state index contributed by atoms with van der Waals surface area (Å²) in [6.45, 7) is 0.830. The Morgan fingerprint density at radius 1 is 0.973 bits per heavy atom. The molecule has 1 fully saturated rings. The fraction of sp³-hybridized carbons (Fsp3) is 0.160. The van der Waals surface area contributed by atoms with Crippen LogP contribution in [0.5, 0.6) is 5.75 Å².